The van der Waals surface area contributed by atoms with Gasteiger partial charge < -0.3 is 9.64 Å². The number of ether oxygens (including phenoxy) is 1. The predicted octanol–water partition coefficient (Wildman–Crippen LogP) is 1.91. The maximum atomic E-state index is 11.6. The maximum Gasteiger partial charge on any atom is 0.260 e. The molecule has 0 unspecified atom stereocenters. The van der Waals surface area contributed by atoms with Crippen LogP contribution in [0.25, 0.3) is 0 Å². The highest BCUT2D eigenvalue weighted by Crippen LogP contribution is 2.19. The predicted molar refractivity (Wildman–Crippen MR) is 62.6 cm³/mol. The first-order chi connectivity index (χ1) is 7.66. The van der Waals surface area contributed by atoms with Crippen LogP contribution < -0.4 is 4.74 Å². The second-order valence-corrected chi connectivity index (χ2v) is 4.29. The molecule has 1 amide bonds. The molecule has 3 nitrogen and oxygen atoms in total. The first-order valence-corrected chi connectivity index (χ1v) is 5.64. The van der Waals surface area contributed by atoms with Gasteiger partial charge in [0.15, 0.2) is 6.61 Å². The largest absolute Gasteiger partial charge is 0.483 e. The van der Waals surface area contributed by atoms with Crippen molar-refractivity contribution in [2.24, 2.45) is 0 Å². The van der Waals surface area contributed by atoms with Gasteiger partial charge in [-0.05, 0) is 37.5 Å². The number of rotatable bonds is 3. The number of hydrogen-bond donors (Lipinski definition) is 0. The minimum absolute atomic E-state index is 0.0900. The third-order valence-electron chi connectivity index (χ3n) is 2.90. The van der Waals surface area contributed by atoms with Gasteiger partial charge in [0.05, 0.1) is 0 Å². The van der Waals surface area contributed by atoms with E-state index in [4.69, 9.17) is 4.74 Å². The Morgan fingerprint density at radius 1 is 1.38 bits per heavy atom. The second kappa shape index (κ2) is 4.56. The van der Waals surface area contributed by atoms with Crippen molar-refractivity contribution in [3.63, 3.8) is 0 Å². The van der Waals surface area contributed by atoms with Gasteiger partial charge in [0, 0.05) is 13.1 Å². The molecule has 1 saturated heterocycles. The molecule has 16 heavy (non-hydrogen) atoms. The molecule has 0 N–H and O–H groups in total. The zero-order valence-corrected chi connectivity index (χ0v) is 9.82. The van der Waals surface area contributed by atoms with E-state index in [2.05, 4.69) is 0 Å². The molecular formula is C13H17NO2. The molecule has 1 heterocycles. The van der Waals surface area contributed by atoms with Crippen molar-refractivity contribution >= 4 is 5.91 Å². The van der Waals surface area contributed by atoms with Gasteiger partial charge in [-0.25, -0.2) is 0 Å². The number of aryl methyl sites for hydroxylation is 2. The molecule has 2 rings (SSSR count). The third-order valence-corrected chi connectivity index (χ3v) is 2.90. The van der Waals surface area contributed by atoms with Crippen molar-refractivity contribution in [2.45, 2.75) is 20.3 Å². The highest BCUT2D eigenvalue weighted by Gasteiger charge is 2.20. The Hall–Kier alpha value is -1.51. The third kappa shape index (κ3) is 2.35. The van der Waals surface area contributed by atoms with Crippen LogP contribution in [0.15, 0.2) is 18.2 Å². The van der Waals surface area contributed by atoms with Gasteiger partial charge in [-0.15, -0.1) is 0 Å². The average molecular weight is 219 g/mol. The van der Waals surface area contributed by atoms with E-state index >= 15 is 0 Å². The Morgan fingerprint density at radius 3 is 2.75 bits per heavy atom. The molecule has 1 aliphatic heterocycles. The number of carbonyl (C=O) groups is 1. The fourth-order valence-electron chi connectivity index (χ4n) is 1.66. The summed E-state index contributed by atoms with van der Waals surface area (Å²) in [5.41, 5.74) is 2.22. The SMILES string of the molecule is Cc1ccc(C)c(OCC(=O)N2CCC2)c1. The monoisotopic (exact) mass is 219 g/mol. The Balaban J connectivity index is 1.93. The van der Waals surface area contributed by atoms with E-state index in [-0.39, 0.29) is 12.5 Å². The summed E-state index contributed by atoms with van der Waals surface area (Å²) in [7, 11) is 0. The number of carbonyl (C=O) groups excluding carboxylic acids is 1. The summed E-state index contributed by atoms with van der Waals surface area (Å²) in [5.74, 6) is 0.904. The van der Waals surface area contributed by atoms with Gasteiger partial charge in [-0.2, -0.15) is 0 Å². The van der Waals surface area contributed by atoms with E-state index in [0.29, 0.717) is 0 Å². The van der Waals surface area contributed by atoms with Gasteiger partial charge in [-0.1, -0.05) is 12.1 Å². The molecule has 0 spiro atoms. The molecule has 3 heteroatoms. The second-order valence-electron chi connectivity index (χ2n) is 4.29. The Bertz CT molecular complexity index is 397. The molecular weight excluding hydrogens is 202 g/mol. The van der Waals surface area contributed by atoms with Crippen molar-refractivity contribution in [1.29, 1.82) is 0 Å². The Kier molecular flexibility index (Phi) is 3.13. The summed E-state index contributed by atoms with van der Waals surface area (Å²) >= 11 is 0. The van der Waals surface area contributed by atoms with E-state index in [1.165, 1.54) is 0 Å². The minimum Gasteiger partial charge on any atom is -0.483 e. The zero-order valence-electron chi connectivity index (χ0n) is 9.82. The maximum absolute atomic E-state index is 11.6. The van der Waals surface area contributed by atoms with Gasteiger partial charge in [0.2, 0.25) is 0 Å². The lowest BCUT2D eigenvalue weighted by Gasteiger charge is -2.30. The standard InChI is InChI=1S/C13H17NO2/c1-10-4-5-11(2)12(8-10)16-9-13(15)14-6-3-7-14/h4-5,8H,3,6-7,9H2,1-2H3. The molecule has 86 valence electrons. The lowest BCUT2D eigenvalue weighted by molar-refractivity contribution is -0.136. The van der Waals surface area contributed by atoms with E-state index in [0.717, 1.165) is 36.4 Å². The molecule has 0 aliphatic carbocycles. The van der Waals surface area contributed by atoms with Crippen molar-refractivity contribution < 1.29 is 9.53 Å². The van der Waals surface area contributed by atoms with E-state index in [1.54, 1.807) is 0 Å². The van der Waals surface area contributed by atoms with Crippen LogP contribution in [-0.2, 0) is 4.79 Å². The average Bonchev–Trinajstić information content (AvgIpc) is 2.17. The van der Waals surface area contributed by atoms with Crippen LogP contribution in [0.2, 0.25) is 0 Å². The summed E-state index contributed by atoms with van der Waals surface area (Å²) in [4.78, 5) is 13.4. The molecule has 1 aliphatic rings. The van der Waals surface area contributed by atoms with E-state index in [9.17, 15) is 4.79 Å². The number of likely N-dealkylation sites (tertiary alicyclic amines) is 1. The van der Waals surface area contributed by atoms with Crippen LogP contribution >= 0.6 is 0 Å². The summed E-state index contributed by atoms with van der Waals surface area (Å²) in [6, 6.07) is 6.02. The summed E-state index contributed by atoms with van der Waals surface area (Å²) < 4.78 is 5.55. The number of hydrogen-bond acceptors (Lipinski definition) is 2. The van der Waals surface area contributed by atoms with Crippen LogP contribution in [0, 0.1) is 13.8 Å². The fraction of sp³-hybridized carbons (Fsp3) is 0.462. The van der Waals surface area contributed by atoms with Crippen LogP contribution in [-0.4, -0.2) is 30.5 Å². The van der Waals surface area contributed by atoms with E-state index < -0.39 is 0 Å². The summed E-state index contributed by atoms with van der Waals surface area (Å²) in [5, 5.41) is 0. The minimum atomic E-state index is 0.0900. The molecule has 1 aromatic carbocycles. The Morgan fingerprint density at radius 2 is 2.12 bits per heavy atom. The smallest absolute Gasteiger partial charge is 0.260 e. The normalized spacial score (nSPS) is 14.5. The molecule has 0 bridgehead atoms. The van der Waals surface area contributed by atoms with Gasteiger partial charge in [0.25, 0.3) is 5.91 Å². The first kappa shape index (κ1) is 11.0. The van der Waals surface area contributed by atoms with Crippen LogP contribution in [0.5, 0.6) is 5.75 Å². The van der Waals surface area contributed by atoms with Crippen molar-refractivity contribution in [3.8, 4) is 5.75 Å². The Labute approximate surface area is 96.0 Å². The lowest BCUT2D eigenvalue weighted by atomic mass is 10.1. The van der Waals surface area contributed by atoms with Crippen molar-refractivity contribution in [1.82, 2.24) is 4.90 Å². The van der Waals surface area contributed by atoms with Crippen molar-refractivity contribution in [3.05, 3.63) is 29.3 Å². The number of nitrogens with zero attached hydrogens (tertiary/aromatic N) is 1. The molecule has 0 radical (unpaired) electrons. The van der Waals surface area contributed by atoms with Gasteiger partial charge >= 0.3 is 0 Å². The quantitative estimate of drug-likeness (QED) is 0.777. The topological polar surface area (TPSA) is 29.5 Å². The lowest BCUT2D eigenvalue weighted by Crippen LogP contribution is -2.44. The van der Waals surface area contributed by atoms with Gasteiger partial charge in [-0.3, -0.25) is 4.79 Å². The van der Waals surface area contributed by atoms with E-state index in [1.807, 2.05) is 36.9 Å². The van der Waals surface area contributed by atoms with Crippen LogP contribution in [0.4, 0.5) is 0 Å². The summed E-state index contributed by atoms with van der Waals surface area (Å²) in [6.45, 7) is 5.93. The summed E-state index contributed by atoms with van der Waals surface area (Å²) in [6.07, 6.45) is 1.12. The van der Waals surface area contributed by atoms with Crippen molar-refractivity contribution in [2.75, 3.05) is 19.7 Å². The number of benzene rings is 1. The molecule has 0 aromatic heterocycles. The van der Waals surface area contributed by atoms with Gasteiger partial charge in [0.1, 0.15) is 5.75 Å². The molecule has 1 fully saturated rings. The van der Waals surface area contributed by atoms with Crippen LogP contribution in [0.3, 0.4) is 0 Å². The molecule has 1 aromatic rings. The van der Waals surface area contributed by atoms with Crippen LogP contribution in [0.1, 0.15) is 17.5 Å². The highest BCUT2D eigenvalue weighted by molar-refractivity contribution is 5.78. The fourth-order valence-corrected chi connectivity index (χ4v) is 1.66. The number of amides is 1. The molecule has 0 saturated carbocycles. The highest BCUT2D eigenvalue weighted by atomic mass is 16.5. The molecule has 0 atom stereocenters. The first-order valence-electron chi connectivity index (χ1n) is 5.64. The zero-order chi connectivity index (χ0) is 11.5.